The lowest BCUT2D eigenvalue weighted by molar-refractivity contribution is 0.415. The van der Waals surface area contributed by atoms with Crippen LogP contribution in [0.25, 0.3) is 0 Å². The molecule has 5 nitrogen and oxygen atoms in total. The van der Waals surface area contributed by atoms with E-state index in [2.05, 4.69) is 40.4 Å². The molecule has 6 heteroatoms. The Kier molecular flexibility index (Phi) is 5.68. The van der Waals surface area contributed by atoms with Gasteiger partial charge in [0.15, 0.2) is 0 Å². The lowest BCUT2D eigenvalue weighted by Gasteiger charge is -2.03. The molecular weight excluding hydrogens is 284 g/mol. The maximum Gasteiger partial charge on any atom is 0.223 e. The van der Waals surface area contributed by atoms with Crippen molar-refractivity contribution in [1.82, 2.24) is 15.2 Å². The molecule has 1 aromatic heterocycles. The monoisotopic (exact) mass is 304 g/mol. The number of methoxy groups -OCH3 is 1. The van der Waals surface area contributed by atoms with Gasteiger partial charge in [-0.3, -0.25) is 0 Å². The minimum atomic E-state index is 0.639. The van der Waals surface area contributed by atoms with Crippen molar-refractivity contribution >= 4 is 23.4 Å². The first-order valence-electron chi connectivity index (χ1n) is 6.83. The largest absolute Gasteiger partial charge is 0.497 e. The molecule has 0 radical (unpaired) electrons. The van der Waals surface area contributed by atoms with Crippen LogP contribution in [0.4, 0.5) is 11.6 Å². The van der Waals surface area contributed by atoms with Gasteiger partial charge in [-0.2, -0.15) is 4.98 Å². The SMILES string of the molecule is CC/C=C(/C)CSc1n[nH]c(Nc2ccc(OC)cc2)n1. The summed E-state index contributed by atoms with van der Waals surface area (Å²) >= 11 is 1.62. The number of ether oxygens (including phenoxy) is 1. The average molecular weight is 304 g/mol. The van der Waals surface area contributed by atoms with Gasteiger partial charge in [-0.25, -0.2) is 5.10 Å². The van der Waals surface area contributed by atoms with E-state index in [9.17, 15) is 0 Å². The summed E-state index contributed by atoms with van der Waals surface area (Å²) in [5, 5.41) is 11.0. The Hall–Kier alpha value is -1.95. The van der Waals surface area contributed by atoms with Crippen LogP contribution < -0.4 is 10.1 Å². The van der Waals surface area contributed by atoms with Crippen LogP contribution in [0.5, 0.6) is 5.75 Å². The highest BCUT2D eigenvalue weighted by atomic mass is 32.2. The highest BCUT2D eigenvalue weighted by Crippen LogP contribution is 2.21. The predicted octanol–water partition coefficient (Wildman–Crippen LogP) is 4.01. The van der Waals surface area contributed by atoms with Crippen LogP contribution in [0.15, 0.2) is 41.1 Å². The zero-order valence-electron chi connectivity index (χ0n) is 12.5. The summed E-state index contributed by atoms with van der Waals surface area (Å²) in [6.45, 7) is 4.26. The van der Waals surface area contributed by atoms with Crippen molar-refractivity contribution < 1.29 is 4.74 Å². The predicted molar refractivity (Wildman–Crippen MR) is 87.4 cm³/mol. The van der Waals surface area contributed by atoms with E-state index >= 15 is 0 Å². The Labute approximate surface area is 129 Å². The third-order valence-electron chi connectivity index (χ3n) is 2.80. The molecule has 0 spiro atoms. The number of benzene rings is 1. The quantitative estimate of drug-likeness (QED) is 0.598. The number of thioether (sulfide) groups is 1. The molecule has 0 atom stereocenters. The van der Waals surface area contributed by atoms with Crippen molar-refractivity contribution in [3.8, 4) is 5.75 Å². The lowest BCUT2D eigenvalue weighted by Crippen LogP contribution is -1.92. The van der Waals surface area contributed by atoms with E-state index < -0.39 is 0 Å². The van der Waals surface area contributed by atoms with E-state index in [4.69, 9.17) is 4.74 Å². The number of nitrogens with one attached hydrogen (secondary N) is 2. The van der Waals surface area contributed by atoms with Gasteiger partial charge in [0.1, 0.15) is 5.75 Å². The van der Waals surface area contributed by atoms with Crippen LogP contribution in [0, 0.1) is 0 Å². The topological polar surface area (TPSA) is 62.8 Å². The molecule has 1 aromatic carbocycles. The van der Waals surface area contributed by atoms with Gasteiger partial charge in [0.05, 0.1) is 7.11 Å². The summed E-state index contributed by atoms with van der Waals surface area (Å²) < 4.78 is 5.13. The van der Waals surface area contributed by atoms with Crippen LogP contribution in [-0.4, -0.2) is 28.0 Å². The smallest absolute Gasteiger partial charge is 0.223 e. The average Bonchev–Trinajstić information content (AvgIpc) is 2.94. The fourth-order valence-corrected chi connectivity index (χ4v) is 2.50. The Bertz CT molecular complexity index is 592. The maximum absolute atomic E-state index is 5.13. The molecule has 0 aliphatic heterocycles. The molecule has 2 N–H and O–H groups in total. The first-order valence-corrected chi connectivity index (χ1v) is 7.81. The molecule has 21 heavy (non-hydrogen) atoms. The van der Waals surface area contributed by atoms with Crippen LogP contribution in [0.3, 0.4) is 0 Å². The molecule has 0 fully saturated rings. The molecule has 0 amide bonds. The fourth-order valence-electron chi connectivity index (χ4n) is 1.76. The Morgan fingerprint density at radius 1 is 1.38 bits per heavy atom. The van der Waals surface area contributed by atoms with Crippen molar-refractivity contribution in [2.24, 2.45) is 0 Å². The second kappa shape index (κ2) is 7.73. The van der Waals surface area contributed by atoms with E-state index in [1.165, 1.54) is 5.57 Å². The number of anilines is 2. The standard InChI is InChI=1S/C15H20N4OS/c1-4-5-11(2)10-21-15-17-14(18-19-15)16-12-6-8-13(20-3)9-7-12/h5-9H,4,10H2,1-3H3,(H2,16,17,18,19)/b11-5-. The number of hydrogen-bond acceptors (Lipinski definition) is 5. The number of allylic oxidation sites excluding steroid dienone is 1. The van der Waals surface area contributed by atoms with Crippen molar-refractivity contribution in [3.05, 3.63) is 35.9 Å². The number of hydrogen-bond donors (Lipinski definition) is 2. The normalized spacial score (nSPS) is 11.5. The van der Waals surface area contributed by atoms with Gasteiger partial charge < -0.3 is 10.1 Å². The Balaban J connectivity index is 1.91. The molecule has 0 saturated heterocycles. The molecule has 2 aromatic rings. The molecular formula is C15H20N4OS. The van der Waals surface area contributed by atoms with Crippen LogP contribution in [-0.2, 0) is 0 Å². The summed E-state index contributed by atoms with van der Waals surface area (Å²) in [6, 6.07) is 7.66. The highest BCUT2D eigenvalue weighted by molar-refractivity contribution is 7.99. The highest BCUT2D eigenvalue weighted by Gasteiger charge is 2.04. The van der Waals surface area contributed by atoms with Gasteiger partial charge in [-0.05, 0) is 37.6 Å². The van der Waals surface area contributed by atoms with Gasteiger partial charge in [0, 0.05) is 11.4 Å². The van der Waals surface area contributed by atoms with E-state index in [-0.39, 0.29) is 0 Å². The lowest BCUT2D eigenvalue weighted by atomic mass is 10.3. The number of rotatable bonds is 7. The van der Waals surface area contributed by atoms with E-state index in [0.717, 1.165) is 28.8 Å². The number of nitrogens with zero attached hydrogens (tertiary/aromatic N) is 2. The first-order chi connectivity index (χ1) is 10.2. The second-order valence-corrected chi connectivity index (χ2v) is 5.51. The summed E-state index contributed by atoms with van der Waals surface area (Å²) in [5.74, 6) is 2.38. The molecule has 0 aliphatic carbocycles. The number of aromatic nitrogens is 3. The zero-order valence-corrected chi connectivity index (χ0v) is 13.3. The summed E-state index contributed by atoms with van der Waals surface area (Å²) in [7, 11) is 1.65. The molecule has 112 valence electrons. The van der Waals surface area contributed by atoms with Crippen LogP contribution >= 0.6 is 11.8 Å². The number of H-pyrrole nitrogens is 1. The van der Waals surface area contributed by atoms with Gasteiger partial charge in [0.25, 0.3) is 0 Å². The van der Waals surface area contributed by atoms with E-state index in [1.807, 2.05) is 24.3 Å². The summed E-state index contributed by atoms with van der Waals surface area (Å²) in [6.07, 6.45) is 3.28. The van der Waals surface area contributed by atoms with Crippen molar-refractivity contribution in [3.63, 3.8) is 0 Å². The molecule has 0 bridgehead atoms. The van der Waals surface area contributed by atoms with E-state index in [1.54, 1.807) is 18.9 Å². The fraction of sp³-hybridized carbons (Fsp3) is 0.333. The van der Waals surface area contributed by atoms with Crippen molar-refractivity contribution in [2.75, 3.05) is 18.2 Å². The molecule has 0 saturated carbocycles. The van der Waals surface area contributed by atoms with Crippen LogP contribution in [0.2, 0.25) is 0 Å². The molecule has 0 unspecified atom stereocenters. The minimum Gasteiger partial charge on any atom is -0.497 e. The van der Waals surface area contributed by atoms with Crippen LogP contribution in [0.1, 0.15) is 20.3 Å². The second-order valence-electron chi connectivity index (χ2n) is 4.57. The zero-order chi connectivity index (χ0) is 15.1. The van der Waals surface area contributed by atoms with Gasteiger partial charge in [-0.1, -0.05) is 30.3 Å². The Morgan fingerprint density at radius 2 is 2.14 bits per heavy atom. The first kappa shape index (κ1) is 15.4. The number of aromatic amines is 1. The molecule has 2 rings (SSSR count). The third-order valence-corrected chi connectivity index (χ3v) is 3.84. The van der Waals surface area contributed by atoms with Crippen molar-refractivity contribution in [1.29, 1.82) is 0 Å². The van der Waals surface area contributed by atoms with Gasteiger partial charge in [-0.15, -0.1) is 5.10 Å². The van der Waals surface area contributed by atoms with E-state index in [0.29, 0.717) is 5.95 Å². The summed E-state index contributed by atoms with van der Waals surface area (Å²) in [4.78, 5) is 4.41. The van der Waals surface area contributed by atoms with Gasteiger partial charge in [0.2, 0.25) is 11.1 Å². The minimum absolute atomic E-state index is 0.639. The van der Waals surface area contributed by atoms with Gasteiger partial charge >= 0.3 is 0 Å². The summed E-state index contributed by atoms with van der Waals surface area (Å²) in [5.41, 5.74) is 2.28. The third kappa shape index (κ3) is 4.82. The maximum atomic E-state index is 5.13. The Morgan fingerprint density at radius 3 is 2.81 bits per heavy atom. The van der Waals surface area contributed by atoms with Crippen molar-refractivity contribution in [2.45, 2.75) is 25.4 Å². The molecule has 1 heterocycles. The molecule has 0 aliphatic rings.